The lowest BCUT2D eigenvalue weighted by Gasteiger charge is -2.28. The predicted molar refractivity (Wildman–Crippen MR) is 251 cm³/mol. The van der Waals surface area contributed by atoms with Gasteiger partial charge in [-0.1, -0.05) is 182 Å². The SMILES string of the molecule is CC1(c2ccccc2)c2ccccc2-c2c(-c3cc(-c4cccc(-c5ccc6oc7cc8ccccc8cc7c6c5-c5ccccc5)c4)nc(-c4ccccc4)n3)cccc21. The van der Waals surface area contributed by atoms with E-state index < -0.39 is 0 Å². The zero-order valence-corrected chi connectivity index (χ0v) is 33.5. The lowest BCUT2D eigenvalue weighted by atomic mass is 9.74. The van der Waals surface area contributed by atoms with Crippen molar-refractivity contribution in [2.24, 2.45) is 0 Å². The molecule has 9 aromatic carbocycles. The third-order valence-electron chi connectivity index (χ3n) is 12.8. The Balaban J connectivity index is 1.07. The van der Waals surface area contributed by atoms with Gasteiger partial charge in [-0.3, -0.25) is 0 Å². The van der Waals surface area contributed by atoms with Gasteiger partial charge >= 0.3 is 0 Å². The molecule has 0 radical (unpaired) electrons. The van der Waals surface area contributed by atoms with Crippen molar-refractivity contribution in [1.29, 1.82) is 0 Å². The Hall–Kier alpha value is -7.88. The molecule has 0 N–H and O–H groups in total. The van der Waals surface area contributed by atoms with Crippen LogP contribution in [-0.4, -0.2) is 9.97 Å². The highest BCUT2D eigenvalue weighted by atomic mass is 16.3. The van der Waals surface area contributed by atoms with Crippen molar-refractivity contribution < 1.29 is 4.42 Å². The largest absolute Gasteiger partial charge is 0.456 e. The van der Waals surface area contributed by atoms with Crippen LogP contribution in [0.4, 0.5) is 0 Å². The quantitative estimate of drug-likeness (QED) is 0.169. The van der Waals surface area contributed by atoms with Gasteiger partial charge in [-0.05, 0) is 92.5 Å². The van der Waals surface area contributed by atoms with Crippen molar-refractivity contribution in [2.45, 2.75) is 12.3 Å². The molecule has 1 unspecified atom stereocenters. The molecule has 1 aliphatic rings. The molecule has 1 atom stereocenters. The molecule has 1 aliphatic carbocycles. The number of aromatic nitrogens is 2. The molecule has 61 heavy (non-hydrogen) atoms. The van der Waals surface area contributed by atoms with E-state index in [9.17, 15) is 0 Å². The van der Waals surface area contributed by atoms with Gasteiger partial charge in [-0.2, -0.15) is 0 Å². The number of benzene rings is 9. The topological polar surface area (TPSA) is 38.9 Å². The molecule has 0 spiro atoms. The van der Waals surface area contributed by atoms with Crippen molar-refractivity contribution >= 4 is 32.7 Å². The maximum Gasteiger partial charge on any atom is 0.160 e. The normalized spacial score (nSPS) is 14.4. The molecule has 286 valence electrons. The van der Waals surface area contributed by atoms with Crippen molar-refractivity contribution in [2.75, 3.05) is 0 Å². The van der Waals surface area contributed by atoms with E-state index in [1.54, 1.807) is 0 Å². The zero-order chi connectivity index (χ0) is 40.5. The number of rotatable bonds is 6. The first-order valence-corrected chi connectivity index (χ1v) is 20.9. The van der Waals surface area contributed by atoms with E-state index in [0.29, 0.717) is 5.82 Å². The van der Waals surface area contributed by atoms with Crippen LogP contribution in [0.2, 0.25) is 0 Å². The average Bonchev–Trinajstić information content (AvgIpc) is 3.83. The van der Waals surface area contributed by atoms with E-state index in [1.807, 2.05) is 6.07 Å². The fourth-order valence-electron chi connectivity index (χ4n) is 9.83. The van der Waals surface area contributed by atoms with Gasteiger partial charge in [0.2, 0.25) is 0 Å². The first-order chi connectivity index (χ1) is 30.1. The molecule has 2 heterocycles. The van der Waals surface area contributed by atoms with Gasteiger partial charge in [0.15, 0.2) is 5.82 Å². The smallest absolute Gasteiger partial charge is 0.160 e. The third-order valence-corrected chi connectivity index (χ3v) is 12.8. The van der Waals surface area contributed by atoms with E-state index in [-0.39, 0.29) is 5.41 Å². The average molecular weight is 779 g/mol. The molecule has 0 aliphatic heterocycles. The Morgan fingerprint density at radius 1 is 0.393 bits per heavy atom. The maximum absolute atomic E-state index is 6.59. The van der Waals surface area contributed by atoms with Crippen LogP contribution in [0, 0.1) is 0 Å². The van der Waals surface area contributed by atoms with Gasteiger partial charge in [-0.15, -0.1) is 0 Å². The molecular weight excluding hydrogens is 741 g/mol. The zero-order valence-electron chi connectivity index (χ0n) is 33.5. The Morgan fingerprint density at radius 2 is 1.00 bits per heavy atom. The van der Waals surface area contributed by atoms with Crippen LogP contribution in [0.3, 0.4) is 0 Å². The van der Waals surface area contributed by atoms with Crippen LogP contribution in [0.15, 0.2) is 217 Å². The first-order valence-electron chi connectivity index (χ1n) is 20.9. The van der Waals surface area contributed by atoms with E-state index in [2.05, 4.69) is 213 Å². The van der Waals surface area contributed by atoms with Gasteiger partial charge in [0.25, 0.3) is 0 Å². The van der Waals surface area contributed by atoms with Gasteiger partial charge in [-0.25, -0.2) is 9.97 Å². The molecule has 3 nitrogen and oxygen atoms in total. The molecule has 0 saturated heterocycles. The highest BCUT2D eigenvalue weighted by Gasteiger charge is 2.41. The minimum atomic E-state index is -0.319. The van der Waals surface area contributed by atoms with Crippen LogP contribution in [0.25, 0.3) is 100.0 Å². The summed E-state index contributed by atoms with van der Waals surface area (Å²) in [6.45, 7) is 2.36. The van der Waals surface area contributed by atoms with Gasteiger partial charge in [0.1, 0.15) is 11.2 Å². The van der Waals surface area contributed by atoms with Crippen LogP contribution in [0.1, 0.15) is 23.6 Å². The summed E-state index contributed by atoms with van der Waals surface area (Å²) in [5, 5.41) is 4.58. The van der Waals surface area contributed by atoms with Crippen molar-refractivity contribution in [3.8, 4) is 67.3 Å². The number of nitrogens with zero attached hydrogens (tertiary/aromatic N) is 2. The number of furan rings is 1. The fraction of sp³-hybridized carbons (Fsp3) is 0.0345. The second-order valence-corrected chi connectivity index (χ2v) is 16.2. The summed E-state index contributed by atoms with van der Waals surface area (Å²) >= 11 is 0. The van der Waals surface area contributed by atoms with Crippen LogP contribution >= 0.6 is 0 Å². The number of hydrogen-bond donors (Lipinski definition) is 0. The Labute approximate surface area is 354 Å². The third kappa shape index (κ3) is 5.58. The highest BCUT2D eigenvalue weighted by molar-refractivity contribution is 6.18. The Morgan fingerprint density at radius 3 is 1.80 bits per heavy atom. The number of fused-ring (bicyclic) bond motifs is 7. The predicted octanol–water partition coefficient (Wildman–Crippen LogP) is 15.2. The molecule has 3 heteroatoms. The van der Waals surface area contributed by atoms with E-state index in [1.165, 1.54) is 33.2 Å². The van der Waals surface area contributed by atoms with Crippen LogP contribution in [-0.2, 0) is 5.41 Å². The summed E-state index contributed by atoms with van der Waals surface area (Å²) < 4.78 is 6.59. The monoisotopic (exact) mass is 778 g/mol. The lowest BCUT2D eigenvalue weighted by Crippen LogP contribution is -2.22. The van der Waals surface area contributed by atoms with Gasteiger partial charge < -0.3 is 4.42 Å². The number of hydrogen-bond acceptors (Lipinski definition) is 3. The second kappa shape index (κ2) is 13.9. The van der Waals surface area contributed by atoms with Gasteiger partial charge in [0.05, 0.1) is 11.4 Å². The van der Waals surface area contributed by atoms with E-state index in [0.717, 1.165) is 77.7 Å². The molecule has 0 saturated carbocycles. The summed E-state index contributed by atoms with van der Waals surface area (Å²) in [4.78, 5) is 10.7. The standard InChI is InChI=1S/C58H38N2O/c1-58(43-25-9-4-10-26-43)48-29-14-13-27-45(48)55-46(28-16-30-49(55)58)51-36-50(59-57(60-51)38-19-7-3-8-20-38)42-24-15-23-41(33-42)44-31-32-52-56(54(44)37-17-5-2-6-18-37)47-34-39-21-11-12-22-40(39)35-53(47)61-52/h2-36H,1H3. The first kappa shape index (κ1) is 35.1. The Kier molecular flexibility index (Phi) is 7.98. The summed E-state index contributed by atoms with van der Waals surface area (Å²) in [6.07, 6.45) is 0. The molecular formula is C58H38N2O. The molecule has 12 rings (SSSR count). The van der Waals surface area contributed by atoms with Crippen molar-refractivity contribution in [3.05, 3.63) is 229 Å². The Bertz CT molecular complexity index is 3480. The lowest BCUT2D eigenvalue weighted by molar-refractivity contribution is 0.669. The molecule has 2 aromatic heterocycles. The van der Waals surface area contributed by atoms with Crippen LogP contribution < -0.4 is 0 Å². The molecule has 0 amide bonds. The second-order valence-electron chi connectivity index (χ2n) is 16.2. The van der Waals surface area contributed by atoms with Crippen molar-refractivity contribution in [1.82, 2.24) is 9.97 Å². The summed E-state index contributed by atoms with van der Waals surface area (Å²) in [5.74, 6) is 0.691. The molecule has 0 fully saturated rings. The molecule has 11 aromatic rings. The molecule has 0 bridgehead atoms. The summed E-state index contributed by atoms with van der Waals surface area (Å²) in [5.41, 5.74) is 17.1. The maximum atomic E-state index is 6.59. The summed E-state index contributed by atoms with van der Waals surface area (Å²) in [6, 6.07) is 75.7. The van der Waals surface area contributed by atoms with E-state index in [4.69, 9.17) is 14.4 Å². The minimum absolute atomic E-state index is 0.319. The highest BCUT2D eigenvalue weighted by Crippen LogP contribution is 2.55. The van der Waals surface area contributed by atoms with Crippen molar-refractivity contribution in [3.63, 3.8) is 0 Å². The minimum Gasteiger partial charge on any atom is -0.456 e. The summed E-state index contributed by atoms with van der Waals surface area (Å²) in [7, 11) is 0. The fourth-order valence-corrected chi connectivity index (χ4v) is 9.83. The van der Waals surface area contributed by atoms with E-state index >= 15 is 0 Å². The van der Waals surface area contributed by atoms with Crippen LogP contribution in [0.5, 0.6) is 0 Å². The van der Waals surface area contributed by atoms with Gasteiger partial charge in [0, 0.05) is 38.4 Å².